The third-order valence-electron chi connectivity index (χ3n) is 2.78. The van der Waals surface area contributed by atoms with E-state index in [1.54, 1.807) is 0 Å². The Morgan fingerprint density at radius 3 is 2.25 bits per heavy atom. The number of rotatable bonds is 4. The molecule has 0 aliphatic carbocycles. The Kier molecular flexibility index (Phi) is 5.05. The number of hydrogen-bond donors (Lipinski definition) is 0. The van der Waals surface area contributed by atoms with E-state index in [1.165, 1.54) is 4.90 Å². The number of alkyl halides is 3. The lowest BCUT2D eigenvalue weighted by molar-refractivity contribution is -0.149. The summed E-state index contributed by atoms with van der Waals surface area (Å²) in [6, 6.07) is 0. The van der Waals surface area contributed by atoms with Crippen molar-refractivity contribution in [3.8, 4) is 0 Å². The third kappa shape index (κ3) is 5.70. The molecule has 0 aromatic heterocycles. The Labute approximate surface area is 94.8 Å². The van der Waals surface area contributed by atoms with E-state index in [9.17, 15) is 13.2 Å². The van der Waals surface area contributed by atoms with E-state index in [1.807, 2.05) is 13.8 Å². The molecule has 1 saturated heterocycles. The second kappa shape index (κ2) is 5.87. The molecule has 0 amide bonds. The molecule has 96 valence electrons. The standard InChI is InChI=1S/C11H20F3NO/c1-9(2)16-7-10-3-5-15(6-4-10)8-11(12,13)14/h9-10H,3-8H2,1-2H3. The molecule has 1 aliphatic rings. The van der Waals surface area contributed by atoms with Gasteiger partial charge in [-0.1, -0.05) is 0 Å². The summed E-state index contributed by atoms with van der Waals surface area (Å²) in [6.07, 6.45) is -2.25. The van der Waals surface area contributed by atoms with Crippen LogP contribution in [-0.2, 0) is 4.74 Å². The third-order valence-corrected chi connectivity index (χ3v) is 2.78. The van der Waals surface area contributed by atoms with Gasteiger partial charge in [-0.15, -0.1) is 0 Å². The number of piperidine rings is 1. The first kappa shape index (κ1) is 13.8. The Bertz CT molecular complexity index is 198. The molecule has 1 fully saturated rings. The molecule has 0 aromatic rings. The molecule has 0 aromatic carbocycles. The average molecular weight is 239 g/mol. The van der Waals surface area contributed by atoms with Crippen molar-refractivity contribution in [3.05, 3.63) is 0 Å². The van der Waals surface area contributed by atoms with Crippen molar-refractivity contribution in [2.45, 2.75) is 39.0 Å². The molecule has 2 nitrogen and oxygen atoms in total. The molecule has 16 heavy (non-hydrogen) atoms. The molecule has 0 saturated carbocycles. The van der Waals surface area contributed by atoms with Gasteiger partial charge in [-0.2, -0.15) is 13.2 Å². The molecular formula is C11H20F3NO. The van der Waals surface area contributed by atoms with Crippen molar-refractivity contribution in [2.24, 2.45) is 5.92 Å². The second-order valence-electron chi connectivity index (χ2n) is 4.72. The first-order valence-corrected chi connectivity index (χ1v) is 5.77. The van der Waals surface area contributed by atoms with Crippen molar-refractivity contribution in [2.75, 3.05) is 26.2 Å². The SMILES string of the molecule is CC(C)OCC1CCN(CC(F)(F)F)CC1. The van der Waals surface area contributed by atoms with Crippen molar-refractivity contribution in [1.82, 2.24) is 4.90 Å². The minimum Gasteiger partial charge on any atom is -0.379 e. The fourth-order valence-corrected chi connectivity index (χ4v) is 1.89. The van der Waals surface area contributed by atoms with Crippen LogP contribution in [0.1, 0.15) is 26.7 Å². The van der Waals surface area contributed by atoms with Gasteiger partial charge in [-0.25, -0.2) is 0 Å². The minimum absolute atomic E-state index is 0.202. The summed E-state index contributed by atoms with van der Waals surface area (Å²) in [7, 11) is 0. The highest BCUT2D eigenvalue weighted by molar-refractivity contribution is 4.74. The normalized spacial score (nSPS) is 20.6. The smallest absolute Gasteiger partial charge is 0.379 e. The second-order valence-corrected chi connectivity index (χ2v) is 4.72. The maximum atomic E-state index is 12.1. The van der Waals surface area contributed by atoms with Gasteiger partial charge < -0.3 is 4.74 Å². The first-order chi connectivity index (χ1) is 7.37. The number of halogens is 3. The van der Waals surface area contributed by atoms with Crippen LogP contribution in [0.25, 0.3) is 0 Å². The summed E-state index contributed by atoms with van der Waals surface area (Å²) < 4.78 is 41.9. The van der Waals surface area contributed by atoms with E-state index < -0.39 is 12.7 Å². The maximum Gasteiger partial charge on any atom is 0.401 e. The Hall–Kier alpha value is -0.290. The van der Waals surface area contributed by atoms with Gasteiger partial charge in [0, 0.05) is 6.61 Å². The van der Waals surface area contributed by atoms with E-state index in [4.69, 9.17) is 4.74 Å². The van der Waals surface area contributed by atoms with Crippen LogP contribution >= 0.6 is 0 Å². The monoisotopic (exact) mass is 239 g/mol. The quantitative estimate of drug-likeness (QED) is 0.748. The Balaban J connectivity index is 2.18. The summed E-state index contributed by atoms with van der Waals surface area (Å²) >= 11 is 0. The number of nitrogens with zero attached hydrogens (tertiary/aromatic N) is 1. The first-order valence-electron chi connectivity index (χ1n) is 5.77. The zero-order valence-electron chi connectivity index (χ0n) is 9.89. The summed E-state index contributed by atoms with van der Waals surface area (Å²) in [4.78, 5) is 1.48. The van der Waals surface area contributed by atoms with Gasteiger partial charge in [0.05, 0.1) is 12.6 Å². The summed E-state index contributed by atoms with van der Waals surface area (Å²) in [6.45, 7) is 4.91. The van der Waals surface area contributed by atoms with Crippen molar-refractivity contribution in [1.29, 1.82) is 0 Å². The zero-order chi connectivity index (χ0) is 12.2. The molecule has 0 radical (unpaired) electrons. The van der Waals surface area contributed by atoms with Gasteiger partial charge in [0.25, 0.3) is 0 Å². The Morgan fingerprint density at radius 1 is 1.25 bits per heavy atom. The van der Waals surface area contributed by atoms with Crippen LogP contribution in [-0.4, -0.2) is 43.4 Å². The lowest BCUT2D eigenvalue weighted by atomic mass is 9.98. The maximum absolute atomic E-state index is 12.1. The molecule has 5 heteroatoms. The van der Waals surface area contributed by atoms with E-state index in [0.717, 1.165) is 12.8 Å². The van der Waals surface area contributed by atoms with Gasteiger partial charge >= 0.3 is 6.18 Å². The molecule has 0 N–H and O–H groups in total. The van der Waals surface area contributed by atoms with Crippen LogP contribution in [0.2, 0.25) is 0 Å². The largest absolute Gasteiger partial charge is 0.401 e. The fourth-order valence-electron chi connectivity index (χ4n) is 1.89. The lowest BCUT2D eigenvalue weighted by Gasteiger charge is -2.32. The molecule has 1 heterocycles. The highest BCUT2D eigenvalue weighted by atomic mass is 19.4. The molecule has 0 spiro atoms. The molecule has 0 atom stereocenters. The summed E-state index contributed by atoms with van der Waals surface area (Å²) in [5.74, 6) is 0.423. The van der Waals surface area contributed by atoms with E-state index in [-0.39, 0.29) is 6.10 Å². The van der Waals surface area contributed by atoms with Gasteiger partial charge in [0.15, 0.2) is 0 Å². The van der Waals surface area contributed by atoms with E-state index in [0.29, 0.717) is 25.6 Å². The van der Waals surface area contributed by atoms with Crippen LogP contribution < -0.4 is 0 Å². The number of ether oxygens (including phenoxy) is 1. The predicted molar refractivity (Wildman–Crippen MR) is 56.3 cm³/mol. The summed E-state index contributed by atoms with van der Waals surface area (Å²) in [5.41, 5.74) is 0. The van der Waals surface area contributed by atoms with Crippen LogP contribution in [0.3, 0.4) is 0 Å². The fraction of sp³-hybridized carbons (Fsp3) is 1.00. The Morgan fingerprint density at radius 2 is 1.81 bits per heavy atom. The van der Waals surface area contributed by atoms with Gasteiger partial charge in [0.1, 0.15) is 0 Å². The summed E-state index contributed by atoms with van der Waals surface area (Å²) in [5, 5.41) is 0. The minimum atomic E-state index is -4.07. The topological polar surface area (TPSA) is 12.5 Å². The van der Waals surface area contributed by atoms with Crippen LogP contribution in [0, 0.1) is 5.92 Å². The van der Waals surface area contributed by atoms with Crippen molar-refractivity contribution >= 4 is 0 Å². The lowest BCUT2D eigenvalue weighted by Crippen LogP contribution is -2.40. The molecule has 1 aliphatic heterocycles. The van der Waals surface area contributed by atoms with Crippen molar-refractivity contribution < 1.29 is 17.9 Å². The highest BCUT2D eigenvalue weighted by Crippen LogP contribution is 2.22. The van der Waals surface area contributed by atoms with Crippen LogP contribution in [0.5, 0.6) is 0 Å². The molecule has 1 rings (SSSR count). The zero-order valence-corrected chi connectivity index (χ0v) is 9.89. The highest BCUT2D eigenvalue weighted by Gasteiger charge is 2.32. The van der Waals surface area contributed by atoms with Crippen LogP contribution in [0.4, 0.5) is 13.2 Å². The van der Waals surface area contributed by atoms with E-state index in [2.05, 4.69) is 0 Å². The van der Waals surface area contributed by atoms with E-state index >= 15 is 0 Å². The number of hydrogen-bond acceptors (Lipinski definition) is 2. The molecular weight excluding hydrogens is 219 g/mol. The predicted octanol–water partition coefficient (Wildman–Crippen LogP) is 2.69. The van der Waals surface area contributed by atoms with Crippen molar-refractivity contribution in [3.63, 3.8) is 0 Å². The van der Waals surface area contributed by atoms with Gasteiger partial charge in [0.2, 0.25) is 0 Å². The van der Waals surface area contributed by atoms with Gasteiger partial charge in [-0.05, 0) is 45.7 Å². The number of likely N-dealkylation sites (tertiary alicyclic amines) is 1. The average Bonchev–Trinajstić information content (AvgIpc) is 2.14. The van der Waals surface area contributed by atoms with Crippen LogP contribution in [0.15, 0.2) is 0 Å². The molecule has 0 unspecified atom stereocenters. The van der Waals surface area contributed by atoms with Gasteiger partial charge in [-0.3, -0.25) is 4.90 Å². The molecule has 0 bridgehead atoms.